The number of benzene rings is 2. The Morgan fingerprint density at radius 1 is 1.12 bits per heavy atom. The molecule has 8 heteroatoms. The van der Waals surface area contributed by atoms with Crippen molar-refractivity contribution in [2.45, 2.75) is 32.2 Å². The summed E-state index contributed by atoms with van der Waals surface area (Å²) in [7, 11) is 0. The van der Waals surface area contributed by atoms with Crippen LogP contribution in [0, 0.1) is 6.92 Å². The molecule has 172 valence electrons. The Bertz CT molecular complexity index is 1350. The van der Waals surface area contributed by atoms with Gasteiger partial charge in [0.15, 0.2) is 5.76 Å². The number of aromatic hydroxyl groups is 1. The van der Waals surface area contributed by atoms with E-state index in [1.165, 1.54) is 17.0 Å². The molecule has 3 N–H and O–H groups in total. The lowest BCUT2D eigenvalue weighted by molar-refractivity contribution is 0.0996. The molecule has 2 heterocycles. The molecule has 2 aromatic heterocycles. The normalized spacial score (nSPS) is 13.0. The fourth-order valence-corrected chi connectivity index (χ4v) is 3.86. The van der Waals surface area contributed by atoms with Crippen LogP contribution < -0.4 is 10.6 Å². The maximum Gasteiger partial charge on any atom is 0.342 e. The molecule has 0 saturated heterocycles. The molecule has 0 atom stereocenters. The Labute approximate surface area is 196 Å². The van der Waals surface area contributed by atoms with E-state index in [0.29, 0.717) is 23.5 Å². The molecule has 0 unspecified atom stereocenters. The maximum atomic E-state index is 12.9. The van der Waals surface area contributed by atoms with E-state index in [-0.39, 0.29) is 23.5 Å². The van der Waals surface area contributed by atoms with Crippen LogP contribution in [0.3, 0.4) is 0 Å². The number of hydrogen-bond donors (Lipinski definition) is 3. The second kappa shape index (κ2) is 8.90. The van der Waals surface area contributed by atoms with Crippen LogP contribution in [-0.2, 0) is 6.54 Å². The van der Waals surface area contributed by atoms with Gasteiger partial charge in [-0.25, -0.2) is 4.79 Å². The van der Waals surface area contributed by atoms with E-state index in [1.54, 1.807) is 24.3 Å². The number of aryl methyl sites for hydroxylation is 1. The van der Waals surface area contributed by atoms with Gasteiger partial charge in [0, 0.05) is 29.8 Å². The molecule has 8 nitrogen and oxygen atoms in total. The minimum atomic E-state index is -0.414. The highest BCUT2D eigenvalue weighted by Gasteiger charge is 2.30. The number of carbonyl (C=O) groups is 2. The van der Waals surface area contributed by atoms with Crippen molar-refractivity contribution in [3.8, 4) is 17.0 Å². The highest BCUT2D eigenvalue weighted by Crippen LogP contribution is 2.42. The summed E-state index contributed by atoms with van der Waals surface area (Å²) in [4.78, 5) is 25.1. The third-order valence-electron chi connectivity index (χ3n) is 5.73. The fourth-order valence-electron chi connectivity index (χ4n) is 3.86. The number of furan rings is 1. The molecular weight excluding hydrogens is 432 g/mol. The van der Waals surface area contributed by atoms with Gasteiger partial charge in [-0.2, -0.15) is 9.78 Å². The third kappa shape index (κ3) is 4.56. The molecule has 0 aliphatic heterocycles. The number of amides is 2. The number of phenols is 1. The standard InChI is InChI=1S/C26H24N4O4/c1-16-4-2-5-17(12-16)15-27-26(33)30-22(18-7-8-18)14-21(29-30)20-10-9-19(13-23(20)31)28-25(32)24-6-3-11-34-24/h2-6,9-14,18,31H,7-8,15H2,1H3,(H,27,33)(H,28,32). The van der Waals surface area contributed by atoms with Crippen molar-refractivity contribution in [2.24, 2.45) is 0 Å². The second-order valence-corrected chi connectivity index (χ2v) is 8.45. The quantitative estimate of drug-likeness (QED) is 0.376. The third-order valence-corrected chi connectivity index (χ3v) is 5.73. The zero-order chi connectivity index (χ0) is 23.7. The van der Waals surface area contributed by atoms with Gasteiger partial charge in [0.25, 0.3) is 5.91 Å². The molecule has 1 aliphatic rings. The first-order chi connectivity index (χ1) is 16.5. The Hall–Kier alpha value is -4.33. The molecule has 1 saturated carbocycles. The van der Waals surface area contributed by atoms with Gasteiger partial charge < -0.3 is 20.2 Å². The van der Waals surface area contributed by atoms with Crippen LogP contribution >= 0.6 is 0 Å². The highest BCUT2D eigenvalue weighted by molar-refractivity contribution is 6.02. The summed E-state index contributed by atoms with van der Waals surface area (Å²) in [6.07, 6.45) is 3.42. The van der Waals surface area contributed by atoms with Crippen LogP contribution in [0.1, 0.15) is 46.1 Å². The van der Waals surface area contributed by atoms with Gasteiger partial charge in [-0.15, -0.1) is 0 Å². The predicted octanol–water partition coefficient (Wildman–Crippen LogP) is 5.04. The number of aromatic nitrogens is 2. The minimum Gasteiger partial charge on any atom is -0.507 e. The predicted molar refractivity (Wildman–Crippen MR) is 127 cm³/mol. The van der Waals surface area contributed by atoms with E-state index in [9.17, 15) is 14.7 Å². The average Bonchev–Trinajstić information content (AvgIpc) is 3.32. The SMILES string of the molecule is Cc1cccc(CNC(=O)n2nc(-c3ccc(NC(=O)c4ccco4)cc3O)cc2C2CC2)c1. The zero-order valence-corrected chi connectivity index (χ0v) is 18.6. The summed E-state index contributed by atoms with van der Waals surface area (Å²) >= 11 is 0. The van der Waals surface area contributed by atoms with Crippen molar-refractivity contribution in [1.82, 2.24) is 15.1 Å². The number of nitrogens with zero attached hydrogens (tertiary/aromatic N) is 2. The first kappa shape index (κ1) is 21.5. The van der Waals surface area contributed by atoms with Crippen LogP contribution in [0.15, 0.2) is 71.3 Å². The van der Waals surface area contributed by atoms with Gasteiger partial charge >= 0.3 is 6.03 Å². The lowest BCUT2D eigenvalue weighted by Gasteiger charge is -2.08. The largest absolute Gasteiger partial charge is 0.507 e. The molecule has 1 fully saturated rings. The molecule has 2 amide bonds. The van der Waals surface area contributed by atoms with Crippen molar-refractivity contribution in [1.29, 1.82) is 0 Å². The Morgan fingerprint density at radius 3 is 2.68 bits per heavy atom. The summed E-state index contributed by atoms with van der Waals surface area (Å²) < 4.78 is 6.48. The monoisotopic (exact) mass is 456 g/mol. The molecule has 0 bridgehead atoms. The van der Waals surface area contributed by atoms with Crippen LogP contribution in [0.2, 0.25) is 0 Å². The topological polar surface area (TPSA) is 109 Å². The van der Waals surface area contributed by atoms with Crippen molar-refractivity contribution in [3.05, 3.63) is 89.5 Å². The number of rotatable bonds is 6. The van der Waals surface area contributed by atoms with Crippen molar-refractivity contribution >= 4 is 17.6 Å². The summed E-state index contributed by atoms with van der Waals surface area (Å²) in [5.41, 5.74) is 4.36. The van der Waals surface area contributed by atoms with E-state index in [1.807, 2.05) is 37.3 Å². The Kier molecular flexibility index (Phi) is 5.63. The number of carbonyl (C=O) groups excluding carboxylic acids is 2. The summed E-state index contributed by atoms with van der Waals surface area (Å²) in [5.74, 6) is -0.0137. The van der Waals surface area contributed by atoms with Gasteiger partial charge in [-0.1, -0.05) is 29.8 Å². The Balaban J connectivity index is 1.35. The van der Waals surface area contributed by atoms with Gasteiger partial charge in [-0.3, -0.25) is 4.79 Å². The van der Waals surface area contributed by atoms with Crippen molar-refractivity contribution < 1.29 is 19.1 Å². The molecule has 2 aromatic carbocycles. The average molecular weight is 457 g/mol. The first-order valence-corrected chi connectivity index (χ1v) is 11.1. The van der Waals surface area contributed by atoms with E-state index in [4.69, 9.17) is 4.42 Å². The minimum absolute atomic E-state index is 0.0515. The molecular formula is C26H24N4O4. The van der Waals surface area contributed by atoms with Crippen LogP contribution in [0.4, 0.5) is 10.5 Å². The van der Waals surface area contributed by atoms with Crippen LogP contribution in [0.5, 0.6) is 5.75 Å². The summed E-state index contributed by atoms with van der Waals surface area (Å²) in [6.45, 7) is 2.41. The van der Waals surface area contributed by atoms with Crippen LogP contribution in [-0.4, -0.2) is 26.8 Å². The Morgan fingerprint density at radius 2 is 1.97 bits per heavy atom. The molecule has 1 aliphatic carbocycles. The van der Waals surface area contributed by atoms with E-state index in [0.717, 1.165) is 29.7 Å². The highest BCUT2D eigenvalue weighted by atomic mass is 16.3. The van der Waals surface area contributed by atoms with E-state index in [2.05, 4.69) is 15.7 Å². The summed E-state index contributed by atoms with van der Waals surface area (Å²) in [6, 6.07) is 17.5. The molecule has 5 rings (SSSR count). The first-order valence-electron chi connectivity index (χ1n) is 11.1. The van der Waals surface area contributed by atoms with Gasteiger partial charge in [0.05, 0.1) is 17.7 Å². The number of nitrogens with one attached hydrogen (secondary N) is 2. The molecule has 4 aromatic rings. The summed E-state index contributed by atoms with van der Waals surface area (Å²) in [5, 5.41) is 20.8. The van der Waals surface area contributed by atoms with E-state index < -0.39 is 5.91 Å². The lowest BCUT2D eigenvalue weighted by Crippen LogP contribution is -2.30. The smallest absolute Gasteiger partial charge is 0.342 e. The lowest BCUT2D eigenvalue weighted by atomic mass is 10.1. The van der Waals surface area contributed by atoms with Crippen LogP contribution in [0.25, 0.3) is 11.3 Å². The zero-order valence-electron chi connectivity index (χ0n) is 18.6. The van der Waals surface area contributed by atoms with Gasteiger partial charge in [0.2, 0.25) is 0 Å². The maximum absolute atomic E-state index is 12.9. The number of anilines is 1. The molecule has 0 spiro atoms. The number of phenolic OH excluding ortho intramolecular Hbond substituents is 1. The van der Waals surface area contributed by atoms with E-state index >= 15 is 0 Å². The second-order valence-electron chi connectivity index (χ2n) is 8.45. The molecule has 34 heavy (non-hydrogen) atoms. The van der Waals surface area contributed by atoms with Crippen molar-refractivity contribution in [2.75, 3.05) is 5.32 Å². The number of hydrogen-bond acceptors (Lipinski definition) is 5. The molecule has 0 radical (unpaired) electrons. The van der Waals surface area contributed by atoms with Gasteiger partial charge in [-0.05, 0) is 55.7 Å². The van der Waals surface area contributed by atoms with Gasteiger partial charge in [0.1, 0.15) is 5.75 Å². The van der Waals surface area contributed by atoms with Crippen molar-refractivity contribution in [3.63, 3.8) is 0 Å². The fraction of sp³-hybridized carbons (Fsp3) is 0.192.